The number of ether oxygens (including phenoxy) is 1. The highest BCUT2D eigenvalue weighted by atomic mass is 32.2. The number of aliphatic carboxylic acids is 1. The van der Waals surface area contributed by atoms with E-state index in [2.05, 4.69) is 4.72 Å². The maximum atomic E-state index is 14.2. The van der Waals surface area contributed by atoms with Crippen molar-refractivity contribution in [1.82, 2.24) is 0 Å². The van der Waals surface area contributed by atoms with Crippen LogP contribution < -0.4 is 9.46 Å². The van der Waals surface area contributed by atoms with Crippen molar-refractivity contribution in [3.8, 4) is 5.75 Å². The van der Waals surface area contributed by atoms with Gasteiger partial charge in [-0.2, -0.15) is 0 Å². The van der Waals surface area contributed by atoms with Crippen molar-refractivity contribution < 1.29 is 37.3 Å². The van der Waals surface area contributed by atoms with Gasteiger partial charge in [0.25, 0.3) is 10.0 Å². The number of carbonyl (C=O) groups is 2. The number of aromatic carboxylic acids is 1. The number of hydrogen-bond acceptors (Lipinski definition) is 5. The van der Waals surface area contributed by atoms with E-state index in [-0.39, 0.29) is 36.4 Å². The summed E-state index contributed by atoms with van der Waals surface area (Å²) >= 11 is 0. The van der Waals surface area contributed by atoms with Gasteiger partial charge in [0.1, 0.15) is 0 Å². The molecule has 0 aliphatic heterocycles. The third kappa shape index (κ3) is 6.18. The molecular formula is C20H22FNO7S. The standard InChI is InChI=1S/C20H22FNO7S/c1-2-4-13-6-8-17(15(11-13)20(25)26)22-30(27,28)14-7-9-18(16(21)12-14)29-10-3-5-19(23)24/h6-9,11-12,22H,2-5,10H2,1H3,(H,23,24)(H,25,26). The molecule has 0 unspecified atom stereocenters. The minimum absolute atomic E-state index is 0.0420. The highest BCUT2D eigenvalue weighted by Crippen LogP contribution is 2.25. The van der Waals surface area contributed by atoms with E-state index >= 15 is 0 Å². The van der Waals surface area contributed by atoms with Gasteiger partial charge in [0, 0.05) is 6.42 Å². The molecule has 10 heteroatoms. The average Bonchev–Trinajstić information content (AvgIpc) is 2.67. The van der Waals surface area contributed by atoms with E-state index in [9.17, 15) is 27.5 Å². The molecule has 0 saturated carbocycles. The van der Waals surface area contributed by atoms with Crippen molar-refractivity contribution in [2.45, 2.75) is 37.5 Å². The average molecular weight is 439 g/mol. The lowest BCUT2D eigenvalue weighted by molar-refractivity contribution is -0.137. The van der Waals surface area contributed by atoms with Gasteiger partial charge in [0.15, 0.2) is 11.6 Å². The van der Waals surface area contributed by atoms with Gasteiger partial charge in [-0.3, -0.25) is 9.52 Å². The summed E-state index contributed by atoms with van der Waals surface area (Å²) in [6.07, 6.45) is 1.48. The van der Waals surface area contributed by atoms with Crippen LogP contribution in [-0.2, 0) is 21.2 Å². The zero-order chi connectivity index (χ0) is 22.3. The lowest BCUT2D eigenvalue weighted by Crippen LogP contribution is -2.16. The number of anilines is 1. The lowest BCUT2D eigenvalue weighted by atomic mass is 10.1. The van der Waals surface area contributed by atoms with Crippen LogP contribution in [0.15, 0.2) is 41.3 Å². The van der Waals surface area contributed by atoms with Crippen LogP contribution in [-0.4, -0.2) is 37.2 Å². The van der Waals surface area contributed by atoms with Crippen LogP contribution >= 0.6 is 0 Å². The Bertz CT molecular complexity index is 1040. The van der Waals surface area contributed by atoms with Crippen LogP contribution in [0.5, 0.6) is 5.75 Å². The molecule has 0 radical (unpaired) electrons. The topological polar surface area (TPSA) is 130 Å². The first-order valence-electron chi connectivity index (χ1n) is 9.17. The number of hydrogen-bond donors (Lipinski definition) is 3. The van der Waals surface area contributed by atoms with Crippen LogP contribution in [0.1, 0.15) is 42.1 Å². The Hall–Kier alpha value is -3.14. The van der Waals surface area contributed by atoms with Crippen molar-refractivity contribution in [2.75, 3.05) is 11.3 Å². The van der Waals surface area contributed by atoms with Gasteiger partial charge in [-0.05, 0) is 48.7 Å². The predicted molar refractivity (Wildman–Crippen MR) is 107 cm³/mol. The molecule has 0 heterocycles. The van der Waals surface area contributed by atoms with Crippen molar-refractivity contribution in [2.24, 2.45) is 0 Å². The summed E-state index contributed by atoms with van der Waals surface area (Å²) in [6, 6.07) is 7.38. The number of sulfonamides is 1. The lowest BCUT2D eigenvalue weighted by Gasteiger charge is -2.13. The first kappa shape index (κ1) is 23.1. The number of carboxylic acid groups (broad SMARTS) is 2. The summed E-state index contributed by atoms with van der Waals surface area (Å²) in [7, 11) is -4.26. The summed E-state index contributed by atoms with van der Waals surface area (Å²) < 4.78 is 46.8. The molecule has 3 N–H and O–H groups in total. The molecule has 0 amide bonds. The smallest absolute Gasteiger partial charge is 0.337 e. The van der Waals surface area contributed by atoms with Crippen LogP contribution in [0.4, 0.5) is 10.1 Å². The Morgan fingerprint density at radius 3 is 2.47 bits per heavy atom. The van der Waals surface area contributed by atoms with E-state index in [1.165, 1.54) is 12.1 Å². The van der Waals surface area contributed by atoms with Crippen molar-refractivity contribution in [3.63, 3.8) is 0 Å². The normalized spacial score (nSPS) is 11.1. The summed E-state index contributed by atoms with van der Waals surface area (Å²) in [5.74, 6) is -3.45. The van der Waals surface area contributed by atoms with Crippen molar-refractivity contribution in [3.05, 3.63) is 53.3 Å². The van der Waals surface area contributed by atoms with Crippen molar-refractivity contribution in [1.29, 1.82) is 0 Å². The minimum Gasteiger partial charge on any atom is -0.491 e. The summed E-state index contributed by atoms with van der Waals surface area (Å²) in [5, 5.41) is 18.0. The molecule has 2 rings (SSSR count). The van der Waals surface area contributed by atoms with E-state index < -0.39 is 32.7 Å². The Kier molecular flexibility index (Phi) is 7.76. The first-order valence-corrected chi connectivity index (χ1v) is 10.7. The second kappa shape index (κ2) is 10.1. The van der Waals surface area contributed by atoms with Gasteiger partial charge in [-0.25, -0.2) is 17.6 Å². The van der Waals surface area contributed by atoms with Crippen LogP contribution in [0.3, 0.4) is 0 Å². The van der Waals surface area contributed by atoms with Gasteiger partial charge in [-0.15, -0.1) is 0 Å². The largest absolute Gasteiger partial charge is 0.491 e. The molecule has 0 aromatic heterocycles. The highest BCUT2D eigenvalue weighted by Gasteiger charge is 2.20. The van der Waals surface area contributed by atoms with Gasteiger partial charge >= 0.3 is 11.9 Å². The Balaban J connectivity index is 2.20. The molecule has 0 fully saturated rings. The Labute approximate surface area is 173 Å². The van der Waals surface area contributed by atoms with E-state index in [4.69, 9.17) is 9.84 Å². The molecule has 2 aromatic carbocycles. The van der Waals surface area contributed by atoms with E-state index in [1.54, 1.807) is 6.07 Å². The molecule has 0 aliphatic carbocycles. The molecule has 30 heavy (non-hydrogen) atoms. The molecule has 0 atom stereocenters. The fourth-order valence-corrected chi connectivity index (χ4v) is 3.77. The fourth-order valence-electron chi connectivity index (χ4n) is 2.68. The second-order valence-electron chi connectivity index (χ2n) is 6.48. The van der Waals surface area contributed by atoms with Gasteiger partial charge < -0.3 is 14.9 Å². The van der Waals surface area contributed by atoms with Crippen LogP contribution in [0, 0.1) is 5.82 Å². The highest BCUT2D eigenvalue weighted by molar-refractivity contribution is 7.92. The van der Waals surface area contributed by atoms with Crippen LogP contribution in [0.25, 0.3) is 0 Å². The molecule has 0 spiro atoms. The zero-order valence-electron chi connectivity index (χ0n) is 16.2. The Morgan fingerprint density at radius 1 is 1.13 bits per heavy atom. The molecule has 0 saturated heterocycles. The number of aryl methyl sites for hydroxylation is 1. The molecule has 8 nitrogen and oxygen atoms in total. The quantitative estimate of drug-likeness (QED) is 0.457. The van der Waals surface area contributed by atoms with E-state index in [1.807, 2.05) is 6.92 Å². The summed E-state index contributed by atoms with van der Waals surface area (Å²) in [6.45, 7) is 1.89. The van der Waals surface area contributed by atoms with Crippen LogP contribution in [0.2, 0.25) is 0 Å². The minimum atomic E-state index is -4.26. The third-order valence-corrected chi connectivity index (χ3v) is 5.47. The van der Waals surface area contributed by atoms with E-state index in [0.717, 1.165) is 30.2 Å². The zero-order valence-corrected chi connectivity index (χ0v) is 17.0. The van der Waals surface area contributed by atoms with Gasteiger partial charge in [-0.1, -0.05) is 19.4 Å². The van der Waals surface area contributed by atoms with Gasteiger partial charge in [0.05, 0.1) is 22.8 Å². The number of nitrogens with one attached hydrogen (secondary N) is 1. The number of carboxylic acids is 2. The molecule has 162 valence electrons. The van der Waals surface area contributed by atoms with E-state index in [0.29, 0.717) is 6.42 Å². The van der Waals surface area contributed by atoms with Crippen molar-refractivity contribution >= 4 is 27.6 Å². The SMILES string of the molecule is CCCc1ccc(NS(=O)(=O)c2ccc(OCCCC(=O)O)c(F)c2)c(C(=O)O)c1. The predicted octanol–water partition coefficient (Wildman–Crippen LogP) is 3.52. The molecule has 0 bridgehead atoms. The summed E-state index contributed by atoms with van der Waals surface area (Å²) in [4.78, 5) is 21.6. The molecule has 2 aromatic rings. The fraction of sp³-hybridized carbons (Fsp3) is 0.300. The number of halogens is 1. The number of benzene rings is 2. The number of rotatable bonds is 11. The molecule has 0 aliphatic rings. The molecular weight excluding hydrogens is 417 g/mol. The maximum absolute atomic E-state index is 14.2. The van der Waals surface area contributed by atoms with Gasteiger partial charge in [0.2, 0.25) is 0 Å². The summed E-state index contributed by atoms with van der Waals surface area (Å²) in [5.41, 5.74) is 0.424. The Morgan fingerprint density at radius 2 is 1.87 bits per heavy atom. The first-order chi connectivity index (χ1) is 14.1. The second-order valence-corrected chi connectivity index (χ2v) is 8.16. The monoisotopic (exact) mass is 439 g/mol. The third-order valence-electron chi connectivity index (χ3n) is 4.10. The maximum Gasteiger partial charge on any atom is 0.337 e.